The highest BCUT2D eigenvalue weighted by molar-refractivity contribution is 5.95. The van der Waals surface area contributed by atoms with Crippen LogP contribution < -0.4 is 5.73 Å². The normalized spacial score (nSPS) is 12.3. The van der Waals surface area contributed by atoms with E-state index in [4.69, 9.17) is 5.73 Å². The summed E-state index contributed by atoms with van der Waals surface area (Å²) in [4.78, 5) is 22.9. The van der Waals surface area contributed by atoms with Crippen LogP contribution in [0.25, 0.3) is 17.2 Å². The molecule has 0 aliphatic rings. The van der Waals surface area contributed by atoms with Gasteiger partial charge in [0.05, 0.1) is 12.5 Å². The summed E-state index contributed by atoms with van der Waals surface area (Å²) >= 11 is 0. The first-order valence-electron chi connectivity index (χ1n) is 8.72. The molecule has 0 aromatic heterocycles. The lowest BCUT2D eigenvalue weighted by atomic mass is 9.92. The van der Waals surface area contributed by atoms with Gasteiger partial charge in [0.1, 0.15) is 5.82 Å². The van der Waals surface area contributed by atoms with Gasteiger partial charge in [0.2, 0.25) is 5.91 Å². The molecule has 2 aromatic rings. The van der Waals surface area contributed by atoms with Gasteiger partial charge in [-0.2, -0.15) is 0 Å². The van der Waals surface area contributed by atoms with Crippen LogP contribution >= 0.6 is 0 Å². The van der Waals surface area contributed by atoms with Gasteiger partial charge in [0.15, 0.2) is 5.78 Å². The van der Waals surface area contributed by atoms with Crippen LogP contribution in [0.4, 0.5) is 4.39 Å². The summed E-state index contributed by atoms with van der Waals surface area (Å²) in [6.07, 6.45) is 1.58. The smallest absolute Gasteiger partial charge is 0.220 e. The molecule has 0 fully saturated rings. The quantitative estimate of drug-likeness (QED) is 0.732. The number of carbonyl (C=O) groups is 2. The number of aliphatic hydroxyl groups excluding tert-OH is 1. The van der Waals surface area contributed by atoms with Crippen LogP contribution in [-0.2, 0) is 9.59 Å². The van der Waals surface area contributed by atoms with E-state index in [1.54, 1.807) is 25.1 Å². The third-order valence-electron chi connectivity index (χ3n) is 4.31. The number of aliphatic hydroxyl groups is 1. The van der Waals surface area contributed by atoms with E-state index in [2.05, 4.69) is 0 Å². The number of nitrogens with two attached hydrogens (primary N) is 1. The highest BCUT2D eigenvalue weighted by Crippen LogP contribution is 2.30. The van der Waals surface area contributed by atoms with Gasteiger partial charge in [-0.3, -0.25) is 9.59 Å². The molecule has 4 nitrogen and oxygen atoms in total. The van der Waals surface area contributed by atoms with Gasteiger partial charge in [-0.15, -0.1) is 0 Å². The topological polar surface area (TPSA) is 80.4 Å². The molecule has 0 bridgehead atoms. The Labute approximate surface area is 158 Å². The fraction of sp³-hybridized carbons (Fsp3) is 0.273. The van der Waals surface area contributed by atoms with Crippen LogP contribution in [0, 0.1) is 26.6 Å². The first-order valence-corrected chi connectivity index (χ1v) is 8.72. The highest BCUT2D eigenvalue weighted by Gasteiger charge is 2.13. The lowest BCUT2D eigenvalue weighted by molar-refractivity contribution is -0.121. The van der Waals surface area contributed by atoms with E-state index in [-0.39, 0.29) is 24.4 Å². The van der Waals surface area contributed by atoms with Gasteiger partial charge >= 0.3 is 0 Å². The molecule has 0 spiro atoms. The maximum atomic E-state index is 13.6. The van der Waals surface area contributed by atoms with E-state index in [9.17, 15) is 19.1 Å². The van der Waals surface area contributed by atoms with Crippen molar-refractivity contribution < 1.29 is 19.1 Å². The summed E-state index contributed by atoms with van der Waals surface area (Å²) in [5, 5.41) is 9.68. The molecule has 0 aliphatic carbocycles. The average Bonchev–Trinajstić information content (AvgIpc) is 2.55. The largest absolute Gasteiger partial charge is 0.392 e. The number of benzene rings is 2. The summed E-state index contributed by atoms with van der Waals surface area (Å²) in [5.74, 6) is -1.22. The maximum absolute atomic E-state index is 13.6. The van der Waals surface area contributed by atoms with Gasteiger partial charge < -0.3 is 10.8 Å². The third kappa shape index (κ3) is 5.59. The molecule has 0 heterocycles. The number of rotatable bonds is 7. The van der Waals surface area contributed by atoms with E-state index in [1.165, 1.54) is 12.1 Å². The van der Waals surface area contributed by atoms with Gasteiger partial charge in [0, 0.05) is 6.42 Å². The summed E-state index contributed by atoms with van der Waals surface area (Å²) in [7, 11) is 0. The van der Waals surface area contributed by atoms with Crippen LogP contribution in [-0.4, -0.2) is 22.9 Å². The zero-order valence-corrected chi connectivity index (χ0v) is 15.8. The third-order valence-corrected chi connectivity index (χ3v) is 4.31. The van der Waals surface area contributed by atoms with Crippen LogP contribution in [0.5, 0.6) is 0 Å². The van der Waals surface area contributed by atoms with Crippen LogP contribution in [0.15, 0.2) is 36.4 Å². The molecule has 2 aromatic carbocycles. The Kier molecular flexibility index (Phi) is 6.64. The molecule has 0 radical (unpaired) electrons. The molecule has 0 saturated carbocycles. The number of hydrogen-bond donors (Lipinski definition) is 2. The number of amides is 1. The zero-order chi connectivity index (χ0) is 20.1. The summed E-state index contributed by atoms with van der Waals surface area (Å²) in [6, 6.07) is 8.92. The Hall–Kier alpha value is -2.79. The predicted octanol–water partition coefficient (Wildman–Crippen LogP) is 3.63. The highest BCUT2D eigenvalue weighted by atomic mass is 19.1. The van der Waals surface area contributed by atoms with E-state index in [0.29, 0.717) is 5.56 Å². The molecular formula is C22H24FNO3. The molecule has 1 amide bonds. The molecule has 0 unspecified atom stereocenters. The number of aryl methyl sites for hydroxylation is 3. The second-order valence-electron chi connectivity index (χ2n) is 6.84. The van der Waals surface area contributed by atoms with Crippen molar-refractivity contribution in [3.63, 3.8) is 0 Å². The first kappa shape index (κ1) is 20.5. The van der Waals surface area contributed by atoms with Crippen molar-refractivity contribution in [2.75, 3.05) is 0 Å². The van der Waals surface area contributed by atoms with E-state index < -0.39 is 12.0 Å². The molecule has 2 rings (SSSR count). The minimum atomic E-state index is -1.09. The van der Waals surface area contributed by atoms with Gasteiger partial charge in [-0.1, -0.05) is 29.8 Å². The summed E-state index contributed by atoms with van der Waals surface area (Å²) < 4.78 is 13.6. The van der Waals surface area contributed by atoms with E-state index in [1.807, 2.05) is 26.0 Å². The first-order chi connectivity index (χ1) is 12.7. The van der Waals surface area contributed by atoms with Gasteiger partial charge in [-0.05, 0) is 66.8 Å². The van der Waals surface area contributed by atoms with Crippen LogP contribution in [0.1, 0.15) is 35.1 Å². The van der Waals surface area contributed by atoms with Crippen molar-refractivity contribution in [1.82, 2.24) is 0 Å². The Balaban J connectivity index is 2.34. The van der Waals surface area contributed by atoms with Crippen molar-refractivity contribution >= 4 is 17.8 Å². The average molecular weight is 369 g/mol. The van der Waals surface area contributed by atoms with Crippen molar-refractivity contribution in [2.45, 2.75) is 39.7 Å². The Morgan fingerprint density at radius 3 is 2.44 bits per heavy atom. The molecule has 0 aliphatic heterocycles. The lowest BCUT2D eigenvalue weighted by Gasteiger charge is -2.13. The lowest BCUT2D eigenvalue weighted by Crippen LogP contribution is -2.21. The fourth-order valence-electron chi connectivity index (χ4n) is 3.03. The molecule has 3 N–H and O–H groups in total. The summed E-state index contributed by atoms with van der Waals surface area (Å²) in [5.41, 5.74) is 10.2. The molecule has 5 heteroatoms. The monoisotopic (exact) mass is 369 g/mol. The van der Waals surface area contributed by atoms with Crippen molar-refractivity contribution in [1.29, 1.82) is 0 Å². The van der Waals surface area contributed by atoms with E-state index >= 15 is 0 Å². The van der Waals surface area contributed by atoms with Gasteiger partial charge in [0.25, 0.3) is 0 Å². The molecule has 0 saturated heterocycles. The Morgan fingerprint density at radius 2 is 1.81 bits per heavy atom. The number of allylic oxidation sites excluding steroid dienone is 1. The minimum Gasteiger partial charge on any atom is -0.392 e. The van der Waals surface area contributed by atoms with Crippen LogP contribution in [0.3, 0.4) is 0 Å². The maximum Gasteiger partial charge on any atom is 0.220 e. The zero-order valence-electron chi connectivity index (χ0n) is 15.8. The molecule has 27 heavy (non-hydrogen) atoms. The van der Waals surface area contributed by atoms with Crippen molar-refractivity contribution in [3.05, 3.63) is 64.5 Å². The molecule has 1 atom stereocenters. The predicted molar refractivity (Wildman–Crippen MR) is 105 cm³/mol. The Morgan fingerprint density at radius 1 is 1.11 bits per heavy atom. The number of carbonyl (C=O) groups excluding carboxylic acids is 2. The second-order valence-corrected chi connectivity index (χ2v) is 6.84. The van der Waals surface area contributed by atoms with E-state index in [0.717, 1.165) is 27.8 Å². The molecular weight excluding hydrogens is 345 g/mol. The van der Waals surface area contributed by atoms with Gasteiger partial charge in [-0.25, -0.2) is 4.39 Å². The number of halogens is 1. The second kappa shape index (κ2) is 8.73. The minimum absolute atomic E-state index is 0.171. The number of hydrogen-bond acceptors (Lipinski definition) is 3. The Bertz CT molecular complexity index is 903. The van der Waals surface area contributed by atoms with Crippen molar-refractivity contribution in [3.8, 4) is 11.1 Å². The number of primary amides is 1. The van der Waals surface area contributed by atoms with Crippen molar-refractivity contribution in [2.24, 2.45) is 5.73 Å². The standard InChI is InChI=1S/C22H24FNO3/c1-13-8-14(2)19(6-5-17(25)11-18(26)12-22(24)27)20(9-13)16-4-7-21(23)15(3)10-16/h4-10,18,26H,11-12H2,1-3H3,(H2,24,27)/b6-5+/t18-/m1/s1. The van der Waals surface area contributed by atoms with Crippen LogP contribution in [0.2, 0.25) is 0 Å². The number of ketones is 1. The molecule has 142 valence electrons. The fourth-order valence-corrected chi connectivity index (χ4v) is 3.03. The SMILES string of the molecule is Cc1cc(C)c(/C=C/C(=O)C[C@@H](O)CC(N)=O)c(-c2ccc(F)c(C)c2)c1. The summed E-state index contributed by atoms with van der Waals surface area (Å²) in [6.45, 7) is 5.63.